The molecule has 0 amide bonds. The zero-order valence-electron chi connectivity index (χ0n) is 11.4. The maximum Gasteiger partial charge on any atom is 0.325 e. The number of aliphatic carboxylic acids is 1. The third-order valence-electron chi connectivity index (χ3n) is 4.06. The van der Waals surface area contributed by atoms with Crippen LogP contribution in [0.3, 0.4) is 0 Å². The van der Waals surface area contributed by atoms with Crippen LogP contribution in [-0.4, -0.2) is 45.4 Å². The number of aliphatic hydroxyl groups excluding tert-OH is 1. The molecule has 5 heteroatoms. The zero-order chi connectivity index (χ0) is 13.8. The molecule has 1 aliphatic heterocycles. The second-order valence-corrected chi connectivity index (χ2v) is 5.16. The Morgan fingerprint density at radius 3 is 2.67 bits per heavy atom. The smallest absolute Gasteiger partial charge is 0.325 e. The molecule has 18 heavy (non-hydrogen) atoms. The highest BCUT2D eigenvalue weighted by Crippen LogP contribution is 2.35. The summed E-state index contributed by atoms with van der Waals surface area (Å²) < 4.78 is 0. The molecule has 5 nitrogen and oxygen atoms in total. The van der Waals surface area contributed by atoms with Gasteiger partial charge in [0.2, 0.25) is 0 Å². The van der Waals surface area contributed by atoms with Crippen molar-refractivity contribution in [1.29, 1.82) is 0 Å². The molecule has 1 saturated heterocycles. The van der Waals surface area contributed by atoms with Gasteiger partial charge in [-0.3, -0.25) is 9.69 Å². The van der Waals surface area contributed by atoms with Crippen LogP contribution in [0.5, 0.6) is 0 Å². The maximum atomic E-state index is 11.7. The number of hydrogen-bond acceptors (Lipinski definition) is 4. The van der Waals surface area contributed by atoms with Crippen molar-refractivity contribution in [3.05, 3.63) is 0 Å². The number of hydrogen-bond donors (Lipinski definition) is 3. The highest BCUT2D eigenvalue weighted by molar-refractivity contribution is 5.80. The lowest BCUT2D eigenvalue weighted by Gasteiger charge is -2.40. The van der Waals surface area contributed by atoms with Gasteiger partial charge < -0.3 is 15.9 Å². The van der Waals surface area contributed by atoms with Gasteiger partial charge in [0, 0.05) is 12.6 Å². The summed E-state index contributed by atoms with van der Waals surface area (Å²) in [4.78, 5) is 13.4. The van der Waals surface area contributed by atoms with E-state index in [9.17, 15) is 15.0 Å². The molecular formula is C13H26N2O3. The molecular weight excluding hydrogens is 232 g/mol. The number of nitrogens with zero attached hydrogens (tertiary/aromatic N) is 1. The van der Waals surface area contributed by atoms with Crippen molar-refractivity contribution in [2.45, 2.75) is 70.2 Å². The summed E-state index contributed by atoms with van der Waals surface area (Å²) in [5.41, 5.74) is 4.97. The second kappa shape index (κ2) is 6.50. The van der Waals surface area contributed by atoms with Crippen molar-refractivity contribution in [2.75, 3.05) is 6.54 Å². The van der Waals surface area contributed by atoms with Gasteiger partial charge in [-0.05, 0) is 19.3 Å². The number of likely N-dealkylation sites (tertiary alicyclic amines) is 1. The van der Waals surface area contributed by atoms with E-state index in [2.05, 4.69) is 6.92 Å². The first-order valence-corrected chi connectivity index (χ1v) is 6.94. The zero-order valence-corrected chi connectivity index (χ0v) is 11.4. The van der Waals surface area contributed by atoms with Crippen LogP contribution >= 0.6 is 0 Å². The Balaban J connectivity index is 2.92. The van der Waals surface area contributed by atoms with Crippen LogP contribution in [0.4, 0.5) is 0 Å². The summed E-state index contributed by atoms with van der Waals surface area (Å²) in [7, 11) is 0. The highest BCUT2D eigenvalue weighted by Gasteiger charge is 2.54. The highest BCUT2D eigenvalue weighted by atomic mass is 16.4. The molecule has 0 aromatic rings. The molecule has 0 aromatic heterocycles. The molecule has 106 valence electrons. The van der Waals surface area contributed by atoms with Gasteiger partial charge in [-0.2, -0.15) is 0 Å². The number of carbonyl (C=O) groups is 1. The Kier molecular flexibility index (Phi) is 5.56. The van der Waals surface area contributed by atoms with Gasteiger partial charge in [0.25, 0.3) is 0 Å². The summed E-state index contributed by atoms with van der Waals surface area (Å²) in [6.45, 7) is 4.50. The maximum absolute atomic E-state index is 11.7. The van der Waals surface area contributed by atoms with E-state index in [0.717, 1.165) is 19.3 Å². The Hall–Kier alpha value is -0.650. The van der Waals surface area contributed by atoms with Crippen LogP contribution in [0.2, 0.25) is 0 Å². The number of unbranched alkanes of at least 4 members (excludes halogenated alkanes) is 2. The molecule has 0 bridgehead atoms. The molecule has 0 saturated carbocycles. The van der Waals surface area contributed by atoms with E-state index in [1.54, 1.807) is 4.90 Å². The Morgan fingerprint density at radius 2 is 2.17 bits per heavy atom. The van der Waals surface area contributed by atoms with Crippen molar-refractivity contribution >= 4 is 5.97 Å². The molecule has 0 radical (unpaired) electrons. The first-order chi connectivity index (χ1) is 8.50. The van der Waals surface area contributed by atoms with Gasteiger partial charge >= 0.3 is 5.97 Å². The van der Waals surface area contributed by atoms with E-state index in [-0.39, 0.29) is 0 Å². The predicted octanol–water partition coefficient (Wildman–Crippen LogP) is 1.15. The molecule has 0 spiro atoms. The minimum Gasteiger partial charge on any atom is -0.480 e. The molecule has 3 atom stereocenters. The van der Waals surface area contributed by atoms with E-state index in [1.807, 2.05) is 6.92 Å². The summed E-state index contributed by atoms with van der Waals surface area (Å²) >= 11 is 0. The lowest BCUT2D eigenvalue weighted by Crippen LogP contribution is -2.61. The number of carboxylic acids is 1. The molecule has 1 rings (SSSR count). The van der Waals surface area contributed by atoms with Gasteiger partial charge in [0.15, 0.2) is 0 Å². The van der Waals surface area contributed by atoms with Crippen LogP contribution < -0.4 is 5.73 Å². The quantitative estimate of drug-likeness (QED) is 0.596. The van der Waals surface area contributed by atoms with Crippen LogP contribution in [0.1, 0.15) is 52.4 Å². The largest absolute Gasteiger partial charge is 0.480 e. The fourth-order valence-corrected chi connectivity index (χ4v) is 2.93. The fourth-order valence-electron chi connectivity index (χ4n) is 2.93. The Morgan fingerprint density at radius 1 is 1.50 bits per heavy atom. The Bertz CT molecular complexity index is 285. The molecule has 3 unspecified atom stereocenters. The number of aliphatic hydroxyl groups is 1. The first kappa shape index (κ1) is 15.4. The average Bonchev–Trinajstić information content (AvgIpc) is 2.67. The van der Waals surface area contributed by atoms with Gasteiger partial charge in [0.05, 0.1) is 0 Å². The normalized spacial score (nSPS) is 30.6. The summed E-state index contributed by atoms with van der Waals surface area (Å²) in [5, 5.41) is 19.6. The molecule has 1 heterocycles. The average molecular weight is 258 g/mol. The van der Waals surface area contributed by atoms with Crippen molar-refractivity contribution in [3.8, 4) is 0 Å². The summed E-state index contributed by atoms with van der Waals surface area (Å²) in [5.74, 6) is -0.892. The minimum atomic E-state index is -1.08. The molecule has 1 aliphatic rings. The van der Waals surface area contributed by atoms with Crippen LogP contribution in [0, 0.1) is 0 Å². The van der Waals surface area contributed by atoms with Gasteiger partial charge in [0.1, 0.15) is 11.8 Å². The van der Waals surface area contributed by atoms with E-state index < -0.39 is 23.8 Å². The lowest BCUT2D eigenvalue weighted by molar-refractivity contribution is -0.159. The van der Waals surface area contributed by atoms with E-state index in [1.165, 1.54) is 0 Å². The standard InChI is InChI=1S/C13H26N2O3/c1-3-5-6-8-13(12(17)18)10(14)7-9-15(13)11(16)4-2/h10-11,16H,3-9,14H2,1-2H3,(H,17,18). The predicted molar refractivity (Wildman–Crippen MR) is 70.1 cm³/mol. The van der Waals surface area contributed by atoms with Gasteiger partial charge in [-0.15, -0.1) is 0 Å². The monoisotopic (exact) mass is 258 g/mol. The first-order valence-electron chi connectivity index (χ1n) is 6.94. The van der Waals surface area contributed by atoms with Crippen molar-refractivity contribution in [3.63, 3.8) is 0 Å². The molecule has 1 fully saturated rings. The fraction of sp³-hybridized carbons (Fsp3) is 0.923. The van der Waals surface area contributed by atoms with Crippen LogP contribution in [0.15, 0.2) is 0 Å². The number of rotatable bonds is 7. The lowest BCUT2D eigenvalue weighted by atomic mass is 9.85. The van der Waals surface area contributed by atoms with E-state index in [0.29, 0.717) is 25.8 Å². The third-order valence-corrected chi connectivity index (χ3v) is 4.06. The number of nitrogens with two attached hydrogens (primary N) is 1. The van der Waals surface area contributed by atoms with Crippen molar-refractivity contribution in [1.82, 2.24) is 4.90 Å². The number of carboxylic acid groups (broad SMARTS) is 1. The SMILES string of the molecule is CCCCCC1(C(=O)O)C(N)CCN1C(O)CC. The van der Waals surface area contributed by atoms with Crippen molar-refractivity contribution in [2.24, 2.45) is 5.73 Å². The minimum absolute atomic E-state index is 0.395. The summed E-state index contributed by atoms with van der Waals surface area (Å²) in [6, 6.07) is -0.395. The third kappa shape index (κ3) is 2.68. The van der Waals surface area contributed by atoms with Gasteiger partial charge in [-0.1, -0.05) is 33.1 Å². The van der Waals surface area contributed by atoms with Crippen LogP contribution in [0.25, 0.3) is 0 Å². The van der Waals surface area contributed by atoms with E-state index >= 15 is 0 Å². The van der Waals surface area contributed by atoms with Crippen molar-refractivity contribution < 1.29 is 15.0 Å². The molecule has 0 aliphatic carbocycles. The Labute approximate surface area is 109 Å². The van der Waals surface area contributed by atoms with E-state index in [4.69, 9.17) is 5.73 Å². The van der Waals surface area contributed by atoms with Crippen LogP contribution in [-0.2, 0) is 4.79 Å². The topological polar surface area (TPSA) is 86.8 Å². The second-order valence-electron chi connectivity index (χ2n) is 5.16. The molecule has 0 aromatic carbocycles. The summed E-state index contributed by atoms with van der Waals surface area (Å²) in [6.07, 6.45) is 3.85. The molecule has 4 N–H and O–H groups in total. The van der Waals surface area contributed by atoms with Gasteiger partial charge in [-0.25, -0.2) is 0 Å².